The molecule has 1 atom stereocenters. The molecule has 80 valence electrons. The van der Waals surface area contributed by atoms with Gasteiger partial charge in [0.2, 0.25) is 0 Å². The van der Waals surface area contributed by atoms with Gasteiger partial charge in [0.05, 0.1) is 6.04 Å². The van der Waals surface area contributed by atoms with E-state index in [4.69, 9.17) is 5.73 Å². The average molecular weight is 222 g/mol. The van der Waals surface area contributed by atoms with Gasteiger partial charge < -0.3 is 16.0 Å². The Bertz CT molecular complexity index is 432. The quantitative estimate of drug-likeness (QED) is 0.747. The molecule has 4 nitrogen and oxygen atoms in total. The largest absolute Gasteiger partial charge is 0.382 e. The third kappa shape index (κ3) is 2.12. The van der Waals surface area contributed by atoms with Gasteiger partial charge in [-0.05, 0) is 25.3 Å². The van der Waals surface area contributed by atoms with Gasteiger partial charge in [-0.2, -0.15) is 0 Å². The Morgan fingerprint density at radius 2 is 2.40 bits per heavy atom. The molecule has 2 aromatic rings. The van der Waals surface area contributed by atoms with Crippen LogP contribution in [0.1, 0.15) is 23.7 Å². The van der Waals surface area contributed by atoms with E-state index in [1.165, 1.54) is 4.88 Å². The lowest BCUT2D eigenvalue weighted by Gasteiger charge is -2.11. The predicted molar refractivity (Wildman–Crippen MR) is 64.1 cm³/mol. The number of aryl methyl sites for hydroxylation is 1. The summed E-state index contributed by atoms with van der Waals surface area (Å²) >= 11 is 1.72. The van der Waals surface area contributed by atoms with E-state index < -0.39 is 0 Å². The van der Waals surface area contributed by atoms with E-state index in [2.05, 4.69) is 33.7 Å². The van der Waals surface area contributed by atoms with Crippen molar-refractivity contribution in [3.8, 4) is 0 Å². The first-order valence-electron chi connectivity index (χ1n) is 4.79. The van der Waals surface area contributed by atoms with Crippen molar-refractivity contribution in [2.24, 2.45) is 0 Å². The van der Waals surface area contributed by atoms with Gasteiger partial charge in [0, 0.05) is 4.88 Å². The first-order chi connectivity index (χ1) is 7.16. The summed E-state index contributed by atoms with van der Waals surface area (Å²) in [4.78, 5) is 8.51. The standard InChI is InChI=1S/C10H14N4S/c1-6(8-4-3-5-15-8)12-10-9(11)13-7(2)14-10/h3-6,12H,11H2,1-2H3,(H,13,14). The third-order valence-electron chi connectivity index (χ3n) is 2.17. The van der Waals surface area contributed by atoms with Gasteiger partial charge in [0.15, 0.2) is 5.82 Å². The number of nitrogen functional groups attached to an aromatic ring is 1. The van der Waals surface area contributed by atoms with Gasteiger partial charge in [0.1, 0.15) is 11.6 Å². The third-order valence-corrected chi connectivity index (χ3v) is 3.23. The lowest BCUT2D eigenvalue weighted by Crippen LogP contribution is -2.06. The fourth-order valence-electron chi connectivity index (χ4n) is 1.43. The highest BCUT2D eigenvalue weighted by Crippen LogP contribution is 2.24. The highest BCUT2D eigenvalue weighted by molar-refractivity contribution is 7.10. The van der Waals surface area contributed by atoms with Gasteiger partial charge in [-0.15, -0.1) is 11.3 Å². The van der Waals surface area contributed by atoms with Crippen LogP contribution in [-0.2, 0) is 0 Å². The van der Waals surface area contributed by atoms with E-state index in [0.29, 0.717) is 5.82 Å². The number of hydrogen-bond acceptors (Lipinski definition) is 4. The van der Waals surface area contributed by atoms with E-state index in [1.54, 1.807) is 11.3 Å². The molecular weight excluding hydrogens is 208 g/mol. The summed E-state index contributed by atoms with van der Waals surface area (Å²) in [7, 11) is 0. The van der Waals surface area contributed by atoms with Crippen LogP contribution in [0.3, 0.4) is 0 Å². The van der Waals surface area contributed by atoms with E-state index >= 15 is 0 Å². The van der Waals surface area contributed by atoms with Crippen molar-refractivity contribution in [1.82, 2.24) is 9.97 Å². The van der Waals surface area contributed by atoms with Crippen molar-refractivity contribution in [1.29, 1.82) is 0 Å². The number of H-pyrrole nitrogens is 1. The minimum absolute atomic E-state index is 0.231. The molecule has 2 rings (SSSR count). The summed E-state index contributed by atoms with van der Waals surface area (Å²) in [6.45, 7) is 3.98. The average Bonchev–Trinajstić information content (AvgIpc) is 2.76. The molecule has 0 spiro atoms. The van der Waals surface area contributed by atoms with Crippen LogP contribution in [0, 0.1) is 6.92 Å². The number of rotatable bonds is 3. The molecule has 0 aliphatic carbocycles. The summed E-state index contributed by atoms with van der Waals surface area (Å²) < 4.78 is 0. The Balaban J connectivity index is 2.12. The number of nitrogens with one attached hydrogen (secondary N) is 2. The molecule has 0 aliphatic heterocycles. The zero-order chi connectivity index (χ0) is 10.8. The zero-order valence-electron chi connectivity index (χ0n) is 8.74. The highest BCUT2D eigenvalue weighted by atomic mass is 32.1. The molecule has 2 heterocycles. The van der Waals surface area contributed by atoms with Crippen molar-refractivity contribution in [2.45, 2.75) is 19.9 Å². The van der Waals surface area contributed by atoms with E-state index in [-0.39, 0.29) is 6.04 Å². The van der Waals surface area contributed by atoms with Crippen molar-refractivity contribution in [3.05, 3.63) is 28.2 Å². The van der Waals surface area contributed by atoms with Gasteiger partial charge >= 0.3 is 0 Å². The van der Waals surface area contributed by atoms with Crippen LogP contribution in [-0.4, -0.2) is 9.97 Å². The summed E-state index contributed by atoms with van der Waals surface area (Å²) in [6.07, 6.45) is 0. The number of anilines is 2. The van der Waals surface area contributed by atoms with Crippen LogP contribution >= 0.6 is 11.3 Å². The number of imidazole rings is 1. The molecular formula is C10H14N4S. The molecule has 0 amide bonds. The van der Waals surface area contributed by atoms with Crippen LogP contribution in [0.2, 0.25) is 0 Å². The first-order valence-corrected chi connectivity index (χ1v) is 5.67. The van der Waals surface area contributed by atoms with Gasteiger partial charge in [-0.3, -0.25) is 0 Å². The van der Waals surface area contributed by atoms with Crippen LogP contribution in [0.4, 0.5) is 11.6 Å². The Morgan fingerprint density at radius 1 is 1.60 bits per heavy atom. The highest BCUT2D eigenvalue weighted by Gasteiger charge is 2.10. The van der Waals surface area contributed by atoms with Crippen LogP contribution in [0.5, 0.6) is 0 Å². The first kappa shape index (κ1) is 10.0. The minimum atomic E-state index is 0.231. The van der Waals surface area contributed by atoms with Crippen molar-refractivity contribution >= 4 is 23.0 Å². The van der Waals surface area contributed by atoms with E-state index in [1.807, 2.05) is 13.0 Å². The van der Waals surface area contributed by atoms with Gasteiger partial charge in [0.25, 0.3) is 0 Å². The SMILES string of the molecule is Cc1nc(NC(C)c2cccs2)c(N)[nH]1. The maximum atomic E-state index is 5.77. The Kier molecular flexibility index (Phi) is 2.64. The second-order valence-corrected chi connectivity index (χ2v) is 4.45. The Morgan fingerprint density at radius 3 is 2.93 bits per heavy atom. The molecule has 2 aromatic heterocycles. The maximum Gasteiger partial charge on any atom is 0.169 e. The molecule has 5 heteroatoms. The monoisotopic (exact) mass is 222 g/mol. The topological polar surface area (TPSA) is 66.7 Å². The number of aromatic nitrogens is 2. The number of thiophene rings is 1. The van der Waals surface area contributed by atoms with Crippen LogP contribution in [0.25, 0.3) is 0 Å². The normalized spacial score (nSPS) is 12.7. The second kappa shape index (κ2) is 3.94. The van der Waals surface area contributed by atoms with Gasteiger partial charge in [-0.1, -0.05) is 6.07 Å². The molecule has 4 N–H and O–H groups in total. The van der Waals surface area contributed by atoms with Crippen LogP contribution < -0.4 is 11.1 Å². The molecule has 1 unspecified atom stereocenters. The number of nitrogens with two attached hydrogens (primary N) is 1. The summed E-state index contributed by atoms with van der Waals surface area (Å²) in [5, 5.41) is 5.34. The summed E-state index contributed by atoms with van der Waals surface area (Å²) in [5.74, 6) is 2.15. The molecule has 0 bridgehead atoms. The Hall–Kier alpha value is -1.49. The number of nitrogens with zero attached hydrogens (tertiary/aromatic N) is 1. The molecule has 15 heavy (non-hydrogen) atoms. The predicted octanol–water partition coefficient (Wildman–Crippen LogP) is 2.53. The molecule has 0 aliphatic rings. The van der Waals surface area contributed by atoms with Crippen molar-refractivity contribution < 1.29 is 0 Å². The van der Waals surface area contributed by atoms with Crippen molar-refractivity contribution in [3.63, 3.8) is 0 Å². The van der Waals surface area contributed by atoms with E-state index in [9.17, 15) is 0 Å². The van der Waals surface area contributed by atoms with Gasteiger partial charge in [-0.25, -0.2) is 4.98 Å². The summed E-state index contributed by atoms with van der Waals surface area (Å²) in [6, 6.07) is 4.37. The fraction of sp³-hybridized carbons (Fsp3) is 0.300. The smallest absolute Gasteiger partial charge is 0.169 e. The summed E-state index contributed by atoms with van der Waals surface area (Å²) in [5.41, 5.74) is 5.77. The Labute approximate surface area is 92.5 Å². The molecule has 0 saturated heterocycles. The second-order valence-electron chi connectivity index (χ2n) is 3.47. The maximum absolute atomic E-state index is 5.77. The molecule has 0 radical (unpaired) electrons. The zero-order valence-corrected chi connectivity index (χ0v) is 9.56. The molecule has 0 saturated carbocycles. The molecule has 0 aromatic carbocycles. The number of hydrogen-bond donors (Lipinski definition) is 3. The lowest BCUT2D eigenvalue weighted by molar-refractivity contribution is 0.899. The van der Waals surface area contributed by atoms with E-state index in [0.717, 1.165) is 11.6 Å². The van der Waals surface area contributed by atoms with Crippen molar-refractivity contribution in [2.75, 3.05) is 11.1 Å². The number of aromatic amines is 1. The minimum Gasteiger partial charge on any atom is -0.382 e. The fourth-order valence-corrected chi connectivity index (χ4v) is 2.17. The molecule has 0 fully saturated rings. The lowest BCUT2D eigenvalue weighted by atomic mass is 10.3. The van der Waals surface area contributed by atoms with Crippen LogP contribution in [0.15, 0.2) is 17.5 Å².